The highest BCUT2D eigenvalue weighted by Gasteiger charge is 2.53. The highest BCUT2D eigenvalue weighted by atomic mass is 16.8. The quantitative estimate of drug-likeness (QED) is 0.154. The molecule has 0 radical (unpaired) electrons. The fraction of sp³-hybridized carbons (Fsp3) is 1.00. The van der Waals surface area contributed by atoms with Gasteiger partial charge in [-0.05, 0) is 0 Å². The van der Waals surface area contributed by atoms with Gasteiger partial charge in [-0.15, -0.1) is 0 Å². The Labute approximate surface area is 192 Å². The standard InChI is InChI=1S/C18H32O16/c19-1-4-7(22)8(23)12(27)17(31-4)34-15-6(3-21)32-18(13(28)10(15)25)33-14-5(2-20)30-16(29)11(26)9(14)24/h4-29H,1-3H2/t4?,5?,6?,7-,8-,9+,10+,11?,12?,13?,14+,15+,16+,17-,18-/m1/s1. The summed E-state index contributed by atoms with van der Waals surface area (Å²) in [6.45, 7) is -2.32. The largest absolute Gasteiger partial charge is 0.394 e. The summed E-state index contributed by atoms with van der Waals surface area (Å²) in [7, 11) is 0. The van der Waals surface area contributed by atoms with E-state index in [0.29, 0.717) is 0 Å². The molecule has 0 bridgehead atoms. The summed E-state index contributed by atoms with van der Waals surface area (Å²) in [5.41, 5.74) is 0. The second kappa shape index (κ2) is 11.6. The van der Waals surface area contributed by atoms with Gasteiger partial charge in [-0.2, -0.15) is 0 Å². The molecule has 0 aromatic rings. The minimum atomic E-state index is -1.91. The third kappa shape index (κ3) is 5.37. The van der Waals surface area contributed by atoms with Gasteiger partial charge in [-0.25, -0.2) is 0 Å². The fourth-order valence-electron chi connectivity index (χ4n) is 4.06. The second-order valence-corrected chi connectivity index (χ2v) is 8.33. The topological polar surface area (TPSA) is 269 Å². The molecular formula is C18H32O16. The Balaban J connectivity index is 1.72. The lowest BCUT2D eigenvalue weighted by atomic mass is 9.96. The maximum atomic E-state index is 10.6. The molecular weight excluding hydrogens is 472 g/mol. The first-order valence-corrected chi connectivity index (χ1v) is 10.6. The van der Waals surface area contributed by atoms with Crippen molar-refractivity contribution < 1.29 is 79.9 Å². The molecule has 0 saturated carbocycles. The Bertz CT molecular complexity index is 635. The SMILES string of the molecule is OCC1O[C@H](O[C@H]2C(CO)O[C@H](O[C@H]3C(CO)O[C@H](O)C(O)[C@@H]3O)C(O)[C@@H]2O)C(O)[C@H](O)[C@@H]1O. The Morgan fingerprint density at radius 3 is 1.35 bits per heavy atom. The van der Waals surface area contributed by atoms with Gasteiger partial charge in [0.05, 0.1) is 19.8 Å². The van der Waals surface area contributed by atoms with Crippen molar-refractivity contribution in [3.63, 3.8) is 0 Å². The molecule has 3 fully saturated rings. The van der Waals surface area contributed by atoms with E-state index in [9.17, 15) is 56.2 Å². The van der Waals surface area contributed by atoms with Crippen LogP contribution in [0, 0.1) is 0 Å². The van der Waals surface area contributed by atoms with E-state index in [-0.39, 0.29) is 0 Å². The smallest absolute Gasteiger partial charge is 0.187 e. The predicted octanol–water partition coefficient (Wildman–Crippen LogP) is -7.57. The normalized spacial score (nSPS) is 52.5. The minimum Gasteiger partial charge on any atom is -0.394 e. The summed E-state index contributed by atoms with van der Waals surface area (Å²) in [6.07, 6.45) is -25.1. The van der Waals surface area contributed by atoms with Crippen LogP contribution in [0.3, 0.4) is 0 Å². The molecule has 3 aliphatic heterocycles. The summed E-state index contributed by atoms with van der Waals surface area (Å²) in [5.74, 6) is 0. The first-order chi connectivity index (χ1) is 16.0. The van der Waals surface area contributed by atoms with Crippen molar-refractivity contribution >= 4 is 0 Å². The van der Waals surface area contributed by atoms with Gasteiger partial charge in [0.2, 0.25) is 0 Å². The maximum absolute atomic E-state index is 10.6. The monoisotopic (exact) mass is 504 g/mol. The molecule has 34 heavy (non-hydrogen) atoms. The van der Waals surface area contributed by atoms with Gasteiger partial charge in [-0.1, -0.05) is 0 Å². The highest BCUT2D eigenvalue weighted by molar-refractivity contribution is 4.96. The molecule has 11 N–H and O–H groups in total. The third-order valence-corrected chi connectivity index (χ3v) is 6.09. The van der Waals surface area contributed by atoms with Crippen molar-refractivity contribution in [2.24, 2.45) is 0 Å². The van der Waals surface area contributed by atoms with E-state index in [4.69, 9.17) is 23.7 Å². The van der Waals surface area contributed by atoms with Crippen molar-refractivity contribution in [2.75, 3.05) is 19.8 Å². The molecule has 0 spiro atoms. The van der Waals surface area contributed by atoms with Crippen molar-refractivity contribution in [2.45, 2.75) is 92.1 Å². The van der Waals surface area contributed by atoms with E-state index in [1.165, 1.54) is 0 Å². The molecule has 16 nitrogen and oxygen atoms in total. The molecule has 0 amide bonds. The predicted molar refractivity (Wildman–Crippen MR) is 101 cm³/mol. The van der Waals surface area contributed by atoms with E-state index in [0.717, 1.165) is 0 Å². The van der Waals surface area contributed by atoms with Crippen molar-refractivity contribution in [3.05, 3.63) is 0 Å². The van der Waals surface area contributed by atoms with Crippen LogP contribution in [-0.4, -0.2) is 168 Å². The van der Waals surface area contributed by atoms with Gasteiger partial charge in [0, 0.05) is 0 Å². The van der Waals surface area contributed by atoms with E-state index >= 15 is 0 Å². The van der Waals surface area contributed by atoms with E-state index < -0.39 is 112 Å². The molecule has 0 aliphatic carbocycles. The lowest BCUT2D eigenvalue weighted by molar-refractivity contribution is -0.377. The minimum absolute atomic E-state index is 0.741. The van der Waals surface area contributed by atoms with Gasteiger partial charge in [0.1, 0.15) is 73.2 Å². The van der Waals surface area contributed by atoms with Crippen LogP contribution in [-0.2, 0) is 23.7 Å². The van der Waals surface area contributed by atoms with Crippen LogP contribution < -0.4 is 0 Å². The van der Waals surface area contributed by atoms with Crippen molar-refractivity contribution in [3.8, 4) is 0 Å². The molecule has 16 heteroatoms. The van der Waals surface area contributed by atoms with E-state index in [2.05, 4.69) is 0 Å². The zero-order chi connectivity index (χ0) is 25.3. The molecule has 3 rings (SSSR count). The molecule has 200 valence electrons. The Morgan fingerprint density at radius 2 is 0.853 bits per heavy atom. The molecule has 15 atom stereocenters. The number of aliphatic hydroxyl groups excluding tert-OH is 11. The summed E-state index contributed by atoms with van der Waals surface area (Å²) < 4.78 is 26.4. The molecule has 3 heterocycles. The molecule has 6 unspecified atom stereocenters. The average molecular weight is 504 g/mol. The Hall–Kier alpha value is -0.640. The fourth-order valence-corrected chi connectivity index (χ4v) is 4.06. The van der Waals surface area contributed by atoms with E-state index in [1.807, 2.05) is 0 Å². The van der Waals surface area contributed by atoms with Crippen LogP contribution in [0.4, 0.5) is 0 Å². The van der Waals surface area contributed by atoms with Gasteiger partial charge in [-0.3, -0.25) is 0 Å². The zero-order valence-corrected chi connectivity index (χ0v) is 17.7. The highest BCUT2D eigenvalue weighted by Crippen LogP contribution is 2.32. The first-order valence-electron chi connectivity index (χ1n) is 10.6. The zero-order valence-electron chi connectivity index (χ0n) is 17.7. The van der Waals surface area contributed by atoms with Crippen molar-refractivity contribution in [1.29, 1.82) is 0 Å². The maximum Gasteiger partial charge on any atom is 0.187 e. The number of hydrogen-bond acceptors (Lipinski definition) is 16. The molecule has 3 saturated heterocycles. The molecule has 3 aliphatic rings. The van der Waals surface area contributed by atoms with Crippen LogP contribution in [0.15, 0.2) is 0 Å². The summed E-state index contributed by atoms with van der Waals surface area (Å²) in [6, 6.07) is 0. The number of rotatable bonds is 7. The van der Waals surface area contributed by atoms with Crippen LogP contribution in [0.2, 0.25) is 0 Å². The van der Waals surface area contributed by atoms with Crippen LogP contribution in [0.25, 0.3) is 0 Å². The molecule has 0 aromatic carbocycles. The van der Waals surface area contributed by atoms with Gasteiger partial charge in [0.15, 0.2) is 18.9 Å². The lowest BCUT2D eigenvalue weighted by Crippen LogP contribution is -2.66. The van der Waals surface area contributed by atoms with Crippen LogP contribution in [0.1, 0.15) is 0 Å². The molecule has 0 aromatic heterocycles. The Morgan fingerprint density at radius 1 is 0.441 bits per heavy atom. The number of aliphatic hydroxyl groups is 11. The van der Waals surface area contributed by atoms with Gasteiger partial charge in [0.25, 0.3) is 0 Å². The first kappa shape index (κ1) is 27.9. The summed E-state index contributed by atoms with van der Waals surface area (Å²) >= 11 is 0. The van der Waals surface area contributed by atoms with Gasteiger partial charge >= 0.3 is 0 Å². The lowest BCUT2D eigenvalue weighted by Gasteiger charge is -2.47. The third-order valence-electron chi connectivity index (χ3n) is 6.09. The number of ether oxygens (including phenoxy) is 5. The van der Waals surface area contributed by atoms with Crippen LogP contribution >= 0.6 is 0 Å². The number of hydrogen-bond donors (Lipinski definition) is 11. The average Bonchev–Trinajstić information content (AvgIpc) is 2.83. The van der Waals surface area contributed by atoms with Crippen molar-refractivity contribution in [1.82, 2.24) is 0 Å². The summed E-state index contributed by atoms with van der Waals surface area (Å²) in [5, 5.41) is 109. The second-order valence-electron chi connectivity index (χ2n) is 8.33. The Kier molecular flexibility index (Phi) is 9.54. The van der Waals surface area contributed by atoms with E-state index in [1.54, 1.807) is 0 Å². The van der Waals surface area contributed by atoms with Gasteiger partial charge < -0.3 is 79.9 Å². The van der Waals surface area contributed by atoms with Crippen LogP contribution in [0.5, 0.6) is 0 Å². The summed E-state index contributed by atoms with van der Waals surface area (Å²) in [4.78, 5) is 0.